The molecule has 0 fully saturated rings. The molecule has 4 rings (SSSR count). The van der Waals surface area contributed by atoms with Gasteiger partial charge in [-0.2, -0.15) is 0 Å². The summed E-state index contributed by atoms with van der Waals surface area (Å²) in [5.74, 6) is 0. The van der Waals surface area contributed by atoms with Crippen molar-refractivity contribution in [2.24, 2.45) is 0 Å². The first-order valence-electron chi connectivity index (χ1n) is 6.63. The third-order valence-corrected chi connectivity index (χ3v) is 3.62. The lowest BCUT2D eigenvalue weighted by Crippen LogP contribution is -2.06. The molecule has 100 valence electrons. The highest BCUT2D eigenvalue weighted by Gasteiger charge is 2.06. The zero-order chi connectivity index (χ0) is 14.2. The van der Waals surface area contributed by atoms with E-state index >= 15 is 0 Å². The number of H-pyrrole nitrogens is 1. The molecule has 0 aliphatic heterocycles. The fourth-order valence-corrected chi connectivity index (χ4v) is 2.58. The van der Waals surface area contributed by atoms with Gasteiger partial charge in [-0.3, -0.25) is 9.78 Å². The van der Waals surface area contributed by atoms with Crippen molar-refractivity contribution in [3.8, 4) is 11.1 Å². The first kappa shape index (κ1) is 11.8. The van der Waals surface area contributed by atoms with Gasteiger partial charge >= 0.3 is 0 Å². The lowest BCUT2D eigenvalue weighted by Gasteiger charge is -2.07. The molecule has 0 aliphatic carbocycles. The average molecular weight is 273 g/mol. The maximum absolute atomic E-state index is 11.9. The van der Waals surface area contributed by atoms with Gasteiger partial charge in [-0.15, -0.1) is 0 Å². The fraction of sp³-hybridized carbons (Fsp3) is 0. The molecule has 21 heavy (non-hydrogen) atoms. The number of nitrogens with one attached hydrogen (secondary N) is 1. The summed E-state index contributed by atoms with van der Waals surface area (Å²) in [5.41, 5.74) is 2.54. The minimum absolute atomic E-state index is 0.130. The highest BCUT2D eigenvalue weighted by atomic mass is 16.1. The quantitative estimate of drug-likeness (QED) is 0.579. The standard InChI is InChI=1S/C17H11N3O/c21-17-14-7-11(5-6-16(14)19-10-20-17)15-9-18-8-12-3-1-2-4-13(12)15/h1-10H,(H,19,20,21). The molecule has 0 unspecified atom stereocenters. The summed E-state index contributed by atoms with van der Waals surface area (Å²) in [6.45, 7) is 0. The summed E-state index contributed by atoms with van der Waals surface area (Å²) in [4.78, 5) is 23.0. The van der Waals surface area contributed by atoms with E-state index in [2.05, 4.69) is 21.0 Å². The van der Waals surface area contributed by atoms with E-state index in [0.29, 0.717) is 10.9 Å². The summed E-state index contributed by atoms with van der Waals surface area (Å²) in [6.07, 6.45) is 5.09. The largest absolute Gasteiger partial charge is 0.313 e. The highest BCUT2D eigenvalue weighted by molar-refractivity contribution is 5.97. The smallest absolute Gasteiger partial charge is 0.258 e. The van der Waals surface area contributed by atoms with Crippen LogP contribution >= 0.6 is 0 Å². The summed E-state index contributed by atoms with van der Waals surface area (Å²) in [5, 5.41) is 2.78. The molecule has 4 heteroatoms. The third kappa shape index (κ3) is 1.89. The van der Waals surface area contributed by atoms with Gasteiger partial charge in [-0.05, 0) is 23.1 Å². The van der Waals surface area contributed by atoms with Crippen molar-refractivity contribution >= 4 is 21.7 Å². The Bertz CT molecular complexity index is 1020. The molecule has 0 atom stereocenters. The highest BCUT2D eigenvalue weighted by Crippen LogP contribution is 2.28. The average Bonchev–Trinajstić information content (AvgIpc) is 2.54. The lowest BCUT2D eigenvalue weighted by molar-refractivity contribution is 1.17. The van der Waals surface area contributed by atoms with Crippen LogP contribution < -0.4 is 5.56 Å². The van der Waals surface area contributed by atoms with Crippen LogP contribution in [-0.4, -0.2) is 15.0 Å². The molecule has 2 heterocycles. The first-order chi connectivity index (χ1) is 10.3. The van der Waals surface area contributed by atoms with Crippen LogP contribution in [0.3, 0.4) is 0 Å². The molecule has 1 N–H and O–H groups in total. The molecule has 0 saturated carbocycles. The van der Waals surface area contributed by atoms with Crippen molar-refractivity contribution in [3.63, 3.8) is 0 Å². The second-order valence-corrected chi connectivity index (χ2v) is 4.87. The molecule has 0 bridgehead atoms. The fourth-order valence-electron chi connectivity index (χ4n) is 2.58. The second kappa shape index (κ2) is 4.52. The monoisotopic (exact) mass is 273 g/mol. The van der Waals surface area contributed by atoms with Crippen LogP contribution in [0, 0.1) is 0 Å². The Balaban J connectivity index is 2.05. The lowest BCUT2D eigenvalue weighted by atomic mass is 10.00. The van der Waals surface area contributed by atoms with E-state index in [1.807, 2.05) is 48.8 Å². The Morgan fingerprint density at radius 3 is 2.81 bits per heavy atom. The molecule has 0 amide bonds. The van der Waals surface area contributed by atoms with E-state index in [1.165, 1.54) is 6.33 Å². The van der Waals surface area contributed by atoms with Crippen LogP contribution in [0.5, 0.6) is 0 Å². The molecule has 2 aromatic carbocycles. The number of hydrogen-bond acceptors (Lipinski definition) is 3. The van der Waals surface area contributed by atoms with Crippen LogP contribution in [0.4, 0.5) is 0 Å². The summed E-state index contributed by atoms with van der Waals surface area (Å²) >= 11 is 0. The number of rotatable bonds is 1. The van der Waals surface area contributed by atoms with Crippen LogP contribution in [-0.2, 0) is 0 Å². The summed E-state index contributed by atoms with van der Waals surface area (Å²) in [6, 6.07) is 13.8. The van der Waals surface area contributed by atoms with Gasteiger partial charge in [0, 0.05) is 23.3 Å². The van der Waals surface area contributed by atoms with E-state index in [1.54, 1.807) is 0 Å². The Labute approximate surface area is 120 Å². The van der Waals surface area contributed by atoms with Crippen LogP contribution in [0.25, 0.3) is 32.8 Å². The van der Waals surface area contributed by atoms with Crippen molar-refractivity contribution in [1.82, 2.24) is 15.0 Å². The van der Waals surface area contributed by atoms with Gasteiger partial charge in [0.15, 0.2) is 0 Å². The van der Waals surface area contributed by atoms with Crippen molar-refractivity contribution in [2.75, 3.05) is 0 Å². The topological polar surface area (TPSA) is 58.6 Å². The Morgan fingerprint density at radius 1 is 0.952 bits per heavy atom. The Morgan fingerprint density at radius 2 is 1.86 bits per heavy atom. The second-order valence-electron chi connectivity index (χ2n) is 4.87. The number of benzene rings is 2. The molecule has 0 spiro atoms. The minimum Gasteiger partial charge on any atom is -0.313 e. The van der Waals surface area contributed by atoms with Crippen molar-refractivity contribution in [3.05, 3.63) is 71.5 Å². The molecular weight excluding hydrogens is 262 g/mol. The van der Waals surface area contributed by atoms with Crippen LogP contribution in [0.15, 0.2) is 66.0 Å². The normalized spacial score (nSPS) is 11.0. The number of fused-ring (bicyclic) bond motifs is 2. The molecule has 2 aromatic heterocycles. The van der Waals surface area contributed by atoms with Gasteiger partial charge in [-0.25, -0.2) is 4.98 Å². The van der Waals surface area contributed by atoms with Gasteiger partial charge < -0.3 is 4.98 Å². The van der Waals surface area contributed by atoms with Gasteiger partial charge in [0.1, 0.15) is 0 Å². The van der Waals surface area contributed by atoms with E-state index in [4.69, 9.17) is 0 Å². The maximum Gasteiger partial charge on any atom is 0.258 e. The third-order valence-electron chi connectivity index (χ3n) is 3.62. The van der Waals surface area contributed by atoms with E-state index in [9.17, 15) is 4.79 Å². The summed E-state index contributed by atoms with van der Waals surface area (Å²) in [7, 11) is 0. The molecule has 0 saturated heterocycles. The van der Waals surface area contributed by atoms with Crippen molar-refractivity contribution < 1.29 is 0 Å². The molecule has 4 nitrogen and oxygen atoms in total. The minimum atomic E-state index is -0.130. The van der Waals surface area contributed by atoms with Gasteiger partial charge in [-0.1, -0.05) is 30.3 Å². The number of aromatic nitrogens is 3. The number of nitrogens with zero attached hydrogens (tertiary/aromatic N) is 2. The predicted molar refractivity (Wildman–Crippen MR) is 83.1 cm³/mol. The molecular formula is C17H11N3O. The predicted octanol–water partition coefficient (Wildman–Crippen LogP) is 3.14. The molecule has 0 radical (unpaired) electrons. The van der Waals surface area contributed by atoms with E-state index in [0.717, 1.165) is 21.9 Å². The van der Waals surface area contributed by atoms with Gasteiger partial charge in [0.25, 0.3) is 5.56 Å². The van der Waals surface area contributed by atoms with Crippen LogP contribution in [0.1, 0.15) is 0 Å². The molecule has 0 aliphatic rings. The van der Waals surface area contributed by atoms with Crippen molar-refractivity contribution in [1.29, 1.82) is 0 Å². The Kier molecular flexibility index (Phi) is 2.54. The summed E-state index contributed by atoms with van der Waals surface area (Å²) < 4.78 is 0. The van der Waals surface area contributed by atoms with Crippen molar-refractivity contribution in [2.45, 2.75) is 0 Å². The SMILES string of the molecule is O=c1[nH]cnc2ccc(-c3cncc4ccccc34)cc12. The van der Waals surface area contributed by atoms with E-state index in [-0.39, 0.29) is 5.56 Å². The number of aromatic amines is 1. The first-order valence-corrected chi connectivity index (χ1v) is 6.63. The number of hydrogen-bond donors (Lipinski definition) is 1. The number of pyridine rings is 1. The zero-order valence-corrected chi connectivity index (χ0v) is 11.1. The maximum atomic E-state index is 11.9. The van der Waals surface area contributed by atoms with Gasteiger partial charge in [0.05, 0.1) is 17.2 Å². The molecule has 4 aromatic rings. The van der Waals surface area contributed by atoms with Gasteiger partial charge in [0.2, 0.25) is 0 Å². The Hall–Kier alpha value is -3.01. The van der Waals surface area contributed by atoms with Crippen LogP contribution in [0.2, 0.25) is 0 Å². The zero-order valence-electron chi connectivity index (χ0n) is 11.1. The van der Waals surface area contributed by atoms with E-state index < -0.39 is 0 Å².